The predicted molar refractivity (Wildman–Crippen MR) is 125 cm³/mol. The molecule has 178 valence electrons. The van der Waals surface area contributed by atoms with E-state index in [-0.39, 0.29) is 11.7 Å². The first kappa shape index (κ1) is 23.8. The molecular formula is C27H27F3N2O2. The summed E-state index contributed by atoms with van der Waals surface area (Å²) in [5.41, 5.74) is 3.57. The van der Waals surface area contributed by atoms with Crippen LogP contribution in [-0.2, 0) is 16.1 Å². The number of aryl methyl sites for hydroxylation is 1. The Morgan fingerprint density at radius 1 is 1.18 bits per heavy atom. The van der Waals surface area contributed by atoms with E-state index >= 15 is 0 Å². The lowest BCUT2D eigenvalue weighted by Gasteiger charge is -2.26. The van der Waals surface area contributed by atoms with Gasteiger partial charge < -0.3 is 10.2 Å². The van der Waals surface area contributed by atoms with Gasteiger partial charge >= 0.3 is 6.18 Å². The summed E-state index contributed by atoms with van der Waals surface area (Å²) in [6, 6.07) is 13.7. The molecule has 0 radical (unpaired) electrons. The Balaban J connectivity index is 1.51. The lowest BCUT2D eigenvalue weighted by atomic mass is 9.85. The number of nitrogens with one attached hydrogen (secondary N) is 1. The number of hydrogen-bond acceptors (Lipinski definition) is 3. The Bertz CT molecular complexity index is 1140. The number of hydrogen-bond donors (Lipinski definition) is 1. The highest BCUT2D eigenvalue weighted by molar-refractivity contribution is 5.96. The normalized spacial score (nSPS) is 19.4. The molecule has 7 heteroatoms. The molecular weight excluding hydrogens is 441 g/mol. The first-order valence-corrected chi connectivity index (χ1v) is 11.3. The van der Waals surface area contributed by atoms with Crippen molar-refractivity contribution in [3.63, 3.8) is 0 Å². The second-order valence-corrected chi connectivity index (χ2v) is 9.09. The number of carbonyl (C=O) groups excluding carboxylic acids is 2. The van der Waals surface area contributed by atoms with E-state index in [0.29, 0.717) is 30.8 Å². The molecule has 4 nitrogen and oxygen atoms in total. The molecule has 1 aliphatic heterocycles. The lowest BCUT2D eigenvalue weighted by molar-refractivity contribution is -0.178. The van der Waals surface area contributed by atoms with Gasteiger partial charge in [-0.2, -0.15) is 13.2 Å². The number of rotatable bonds is 6. The van der Waals surface area contributed by atoms with Gasteiger partial charge in [-0.1, -0.05) is 55.5 Å². The zero-order chi connectivity index (χ0) is 24.5. The molecule has 3 atom stereocenters. The Labute approximate surface area is 197 Å². The molecule has 0 bridgehead atoms. The summed E-state index contributed by atoms with van der Waals surface area (Å²) in [4.78, 5) is 27.1. The fourth-order valence-corrected chi connectivity index (χ4v) is 4.57. The van der Waals surface area contributed by atoms with Crippen LogP contribution in [0.3, 0.4) is 0 Å². The summed E-state index contributed by atoms with van der Waals surface area (Å²) < 4.78 is 40.9. The number of anilines is 1. The zero-order valence-electron chi connectivity index (χ0n) is 19.1. The maximum Gasteiger partial charge on any atom is 0.392 e. The SMILES string of the molecule is Cc1cccc(NC(=O)C(c2ccc(CN3C=C4C=CCC(=O)C4C3)cc2)C(C)C(F)(F)F)c1. The van der Waals surface area contributed by atoms with Gasteiger partial charge in [0.25, 0.3) is 0 Å². The molecule has 1 N–H and O–H groups in total. The average molecular weight is 469 g/mol. The number of nitrogens with zero attached hydrogens (tertiary/aromatic N) is 1. The number of allylic oxidation sites excluding steroid dienone is 2. The van der Waals surface area contributed by atoms with E-state index in [9.17, 15) is 22.8 Å². The smallest absolute Gasteiger partial charge is 0.372 e. The van der Waals surface area contributed by atoms with E-state index in [1.807, 2.05) is 36.2 Å². The second kappa shape index (κ2) is 9.49. The quantitative estimate of drug-likeness (QED) is 0.586. The highest BCUT2D eigenvalue weighted by Crippen LogP contribution is 2.38. The number of ketones is 1. The molecule has 1 aliphatic carbocycles. The summed E-state index contributed by atoms with van der Waals surface area (Å²) in [6.07, 6.45) is 1.74. The van der Waals surface area contributed by atoms with E-state index < -0.39 is 23.9 Å². The number of fused-ring (bicyclic) bond motifs is 1. The summed E-state index contributed by atoms with van der Waals surface area (Å²) in [6.45, 7) is 4.03. The van der Waals surface area contributed by atoms with Gasteiger partial charge in [-0.25, -0.2) is 0 Å². The van der Waals surface area contributed by atoms with Crippen LogP contribution in [0.4, 0.5) is 18.9 Å². The molecule has 0 saturated carbocycles. The van der Waals surface area contributed by atoms with Crippen molar-refractivity contribution in [1.29, 1.82) is 0 Å². The minimum absolute atomic E-state index is 0.105. The van der Waals surface area contributed by atoms with Crippen molar-refractivity contribution >= 4 is 17.4 Å². The van der Waals surface area contributed by atoms with E-state index in [4.69, 9.17) is 0 Å². The molecule has 0 spiro atoms. The van der Waals surface area contributed by atoms with Crippen LogP contribution in [0.15, 0.2) is 72.5 Å². The molecule has 2 aromatic rings. The predicted octanol–water partition coefficient (Wildman–Crippen LogP) is 5.76. The van der Waals surface area contributed by atoms with E-state index in [2.05, 4.69) is 5.32 Å². The van der Waals surface area contributed by atoms with Gasteiger partial charge in [0, 0.05) is 31.4 Å². The average Bonchev–Trinajstić information content (AvgIpc) is 3.18. The van der Waals surface area contributed by atoms with Crippen LogP contribution in [-0.4, -0.2) is 29.3 Å². The number of alkyl halides is 3. The first-order valence-electron chi connectivity index (χ1n) is 11.3. The van der Waals surface area contributed by atoms with Crippen molar-refractivity contribution in [1.82, 2.24) is 4.90 Å². The first-order chi connectivity index (χ1) is 16.1. The molecule has 0 fully saturated rings. The number of carbonyl (C=O) groups is 2. The van der Waals surface area contributed by atoms with E-state index in [1.165, 1.54) is 0 Å². The Morgan fingerprint density at radius 3 is 2.56 bits per heavy atom. The highest BCUT2D eigenvalue weighted by Gasteiger charge is 2.45. The highest BCUT2D eigenvalue weighted by atomic mass is 19.4. The van der Waals surface area contributed by atoms with Gasteiger partial charge in [0.1, 0.15) is 5.78 Å². The summed E-state index contributed by atoms with van der Waals surface area (Å²) in [7, 11) is 0. The van der Waals surface area contributed by atoms with Crippen molar-refractivity contribution in [3.05, 3.63) is 89.1 Å². The molecule has 1 heterocycles. The second-order valence-electron chi connectivity index (χ2n) is 9.09. The van der Waals surface area contributed by atoms with Crippen molar-refractivity contribution in [2.24, 2.45) is 11.8 Å². The lowest BCUT2D eigenvalue weighted by Crippen LogP contribution is -2.34. The minimum Gasteiger partial charge on any atom is -0.372 e. The molecule has 0 saturated heterocycles. The standard InChI is InChI=1S/C27H27F3N2O2/c1-17-5-3-7-22(13-17)31-26(34)25(18(2)27(28,29)30)20-11-9-19(10-12-20)14-32-15-21-6-4-8-24(33)23(21)16-32/h3-7,9-13,15,18,23,25H,8,14,16H2,1-2H3,(H,31,34). The fraction of sp³-hybridized carbons (Fsp3) is 0.333. The third-order valence-electron chi connectivity index (χ3n) is 6.48. The van der Waals surface area contributed by atoms with Crippen LogP contribution >= 0.6 is 0 Å². The van der Waals surface area contributed by atoms with Gasteiger partial charge in [0.2, 0.25) is 5.91 Å². The molecule has 3 unspecified atom stereocenters. The van der Waals surface area contributed by atoms with Crippen LogP contribution in [0.5, 0.6) is 0 Å². The third kappa shape index (κ3) is 5.24. The Kier molecular flexibility index (Phi) is 6.64. The number of Topliss-reactive ketones (excluding diaryl/α,β-unsaturated/α-hetero) is 1. The third-order valence-corrected chi connectivity index (χ3v) is 6.48. The van der Waals surface area contributed by atoms with Gasteiger partial charge in [-0.15, -0.1) is 0 Å². The van der Waals surface area contributed by atoms with Crippen LogP contribution in [0.25, 0.3) is 0 Å². The van der Waals surface area contributed by atoms with Gasteiger partial charge in [-0.05, 0) is 41.3 Å². The van der Waals surface area contributed by atoms with E-state index in [0.717, 1.165) is 23.6 Å². The molecule has 34 heavy (non-hydrogen) atoms. The topological polar surface area (TPSA) is 49.4 Å². The van der Waals surface area contributed by atoms with Crippen molar-refractivity contribution in [2.75, 3.05) is 11.9 Å². The fourth-order valence-electron chi connectivity index (χ4n) is 4.57. The van der Waals surface area contributed by atoms with Crippen molar-refractivity contribution in [3.8, 4) is 0 Å². The monoisotopic (exact) mass is 468 g/mol. The van der Waals surface area contributed by atoms with E-state index in [1.54, 1.807) is 42.5 Å². The van der Waals surface area contributed by atoms with Crippen LogP contribution < -0.4 is 5.32 Å². The molecule has 1 amide bonds. The maximum atomic E-state index is 13.6. The van der Waals surface area contributed by atoms with Crippen LogP contribution in [0.1, 0.15) is 36.0 Å². The maximum absolute atomic E-state index is 13.6. The van der Waals surface area contributed by atoms with Gasteiger partial charge in [0.15, 0.2) is 0 Å². The number of benzene rings is 2. The van der Waals surface area contributed by atoms with Crippen LogP contribution in [0.2, 0.25) is 0 Å². The van der Waals surface area contributed by atoms with Crippen molar-refractivity contribution < 1.29 is 22.8 Å². The summed E-state index contributed by atoms with van der Waals surface area (Å²) >= 11 is 0. The summed E-state index contributed by atoms with van der Waals surface area (Å²) in [5.74, 6) is -3.83. The number of amides is 1. The Hall–Kier alpha value is -3.35. The zero-order valence-corrected chi connectivity index (χ0v) is 19.1. The summed E-state index contributed by atoms with van der Waals surface area (Å²) in [5, 5.41) is 2.65. The van der Waals surface area contributed by atoms with Gasteiger partial charge in [-0.3, -0.25) is 9.59 Å². The molecule has 0 aromatic heterocycles. The largest absolute Gasteiger partial charge is 0.392 e. The number of halogens is 3. The molecule has 2 aliphatic rings. The Morgan fingerprint density at radius 2 is 1.91 bits per heavy atom. The van der Waals surface area contributed by atoms with Crippen LogP contribution in [0, 0.1) is 18.8 Å². The van der Waals surface area contributed by atoms with Gasteiger partial charge in [0.05, 0.1) is 17.8 Å². The minimum atomic E-state index is -4.52. The molecule has 4 rings (SSSR count). The van der Waals surface area contributed by atoms with Crippen molar-refractivity contribution in [2.45, 2.75) is 38.9 Å². The molecule has 2 aromatic carbocycles.